The number of thiophene rings is 1. The fourth-order valence-corrected chi connectivity index (χ4v) is 3.29. The number of aliphatic hydroxyl groups is 1. The van der Waals surface area contributed by atoms with Crippen molar-refractivity contribution in [2.45, 2.75) is 12.0 Å². The summed E-state index contributed by atoms with van der Waals surface area (Å²) in [5.41, 5.74) is -0.635. The zero-order chi connectivity index (χ0) is 14.7. The van der Waals surface area contributed by atoms with E-state index in [1.807, 2.05) is 17.5 Å². The van der Waals surface area contributed by atoms with E-state index in [9.17, 15) is 9.90 Å². The van der Waals surface area contributed by atoms with Crippen LogP contribution in [-0.2, 0) is 15.1 Å². The van der Waals surface area contributed by atoms with Gasteiger partial charge in [-0.1, -0.05) is 6.07 Å². The molecule has 2 aromatic heterocycles. The first kappa shape index (κ1) is 14.3. The van der Waals surface area contributed by atoms with Crippen LogP contribution in [0.15, 0.2) is 40.5 Å². The molecule has 1 amide bonds. The molecule has 0 aliphatic carbocycles. The van der Waals surface area contributed by atoms with Gasteiger partial charge in [-0.2, -0.15) is 0 Å². The summed E-state index contributed by atoms with van der Waals surface area (Å²) in [5.74, 6) is -0.201. The van der Waals surface area contributed by atoms with Crippen molar-refractivity contribution in [1.29, 1.82) is 0 Å². The molecule has 1 saturated heterocycles. The van der Waals surface area contributed by atoms with Crippen LogP contribution in [0, 0.1) is 5.92 Å². The van der Waals surface area contributed by atoms with E-state index in [0.717, 1.165) is 11.3 Å². The van der Waals surface area contributed by atoms with Crippen LogP contribution in [-0.4, -0.2) is 30.8 Å². The fraction of sp³-hybridized carbons (Fsp3) is 0.400. The Balaban J connectivity index is 1.76. The molecule has 2 aromatic rings. The second kappa shape index (κ2) is 6.01. The Morgan fingerprint density at radius 2 is 2.43 bits per heavy atom. The first-order valence-electron chi connectivity index (χ1n) is 6.84. The molecule has 0 unspecified atom stereocenters. The van der Waals surface area contributed by atoms with Crippen molar-refractivity contribution in [2.24, 2.45) is 5.92 Å². The van der Waals surface area contributed by atoms with Crippen molar-refractivity contribution < 1.29 is 19.1 Å². The minimum atomic E-state index is -1.27. The van der Waals surface area contributed by atoms with E-state index in [4.69, 9.17) is 9.15 Å². The molecule has 0 bridgehead atoms. The molecule has 3 rings (SSSR count). The van der Waals surface area contributed by atoms with Gasteiger partial charge in [0.25, 0.3) is 0 Å². The minimum Gasteiger partial charge on any atom is -0.472 e. The average Bonchev–Trinajstić information content (AvgIpc) is 3.27. The van der Waals surface area contributed by atoms with Gasteiger partial charge in [0.1, 0.15) is 5.60 Å². The van der Waals surface area contributed by atoms with E-state index in [0.29, 0.717) is 18.8 Å². The Bertz CT molecular complexity index is 539. The van der Waals surface area contributed by atoms with Crippen molar-refractivity contribution in [3.05, 3.63) is 46.5 Å². The molecule has 112 valence electrons. The van der Waals surface area contributed by atoms with Crippen LogP contribution in [0.1, 0.15) is 16.9 Å². The van der Waals surface area contributed by atoms with Gasteiger partial charge in [0.2, 0.25) is 5.91 Å². The third-order valence-electron chi connectivity index (χ3n) is 3.75. The van der Waals surface area contributed by atoms with Crippen molar-refractivity contribution >= 4 is 17.2 Å². The zero-order valence-electron chi connectivity index (χ0n) is 11.5. The predicted octanol–water partition coefficient (Wildman–Crippen LogP) is 1.73. The molecule has 1 fully saturated rings. The number of nitrogens with one attached hydrogen (secondary N) is 1. The van der Waals surface area contributed by atoms with Gasteiger partial charge in [-0.25, -0.2) is 0 Å². The first-order valence-corrected chi connectivity index (χ1v) is 7.72. The summed E-state index contributed by atoms with van der Waals surface area (Å²) in [7, 11) is 0. The Kier molecular flexibility index (Phi) is 4.10. The summed E-state index contributed by atoms with van der Waals surface area (Å²) in [4.78, 5) is 12.9. The third kappa shape index (κ3) is 2.88. The van der Waals surface area contributed by atoms with Crippen LogP contribution < -0.4 is 5.32 Å². The molecule has 0 saturated carbocycles. The lowest BCUT2D eigenvalue weighted by Crippen LogP contribution is -2.43. The number of furan rings is 1. The van der Waals surface area contributed by atoms with E-state index < -0.39 is 5.60 Å². The van der Waals surface area contributed by atoms with Gasteiger partial charge in [0.15, 0.2) is 0 Å². The van der Waals surface area contributed by atoms with E-state index in [1.54, 1.807) is 6.07 Å². The quantitative estimate of drug-likeness (QED) is 0.882. The number of hydrogen-bond donors (Lipinski definition) is 2. The molecule has 2 N–H and O–H groups in total. The maximum Gasteiger partial charge on any atom is 0.225 e. The molecule has 3 heterocycles. The van der Waals surface area contributed by atoms with Crippen LogP contribution in [0.5, 0.6) is 0 Å². The Morgan fingerprint density at radius 3 is 3.05 bits per heavy atom. The lowest BCUT2D eigenvalue weighted by Gasteiger charge is -2.27. The zero-order valence-corrected chi connectivity index (χ0v) is 12.3. The lowest BCUT2D eigenvalue weighted by atomic mass is 9.94. The van der Waals surface area contributed by atoms with Gasteiger partial charge in [-0.15, -0.1) is 11.3 Å². The minimum absolute atomic E-state index is 0.0778. The van der Waals surface area contributed by atoms with E-state index >= 15 is 0 Å². The topological polar surface area (TPSA) is 71.7 Å². The number of carbonyl (C=O) groups excluding carboxylic acids is 1. The highest BCUT2D eigenvalue weighted by molar-refractivity contribution is 7.10. The molecule has 6 heteroatoms. The number of carbonyl (C=O) groups is 1. The van der Waals surface area contributed by atoms with Crippen molar-refractivity contribution in [1.82, 2.24) is 5.32 Å². The highest BCUT2D eigenvalue weighted by Crippen LogP contribution is 2.32. The molecule has 1 aliphatic heterocycles. The standard InChI is InChI=1S/C15H17NO4S/c17-14(11-3-5-19-8-11)16-10-15(18,12-4-6-20-9-12)13-2-1-7-21-13/h1-2,4,6-7,9,11,18H,3,5,8,10H2,(H,16,17)/t11-,15+/m1/s1. The molecule has 0 aromatic carbocycles. The molecular weight excluding hydrogens is 290 g/mol. The summed E-state index contributed by atoms with van der Waals surface area (Å²) >= 11 is 1.44. The van der Waals surface area contributed by atoms with Gasteiger partial charge in [0, 0.05) is 17.0 Å². The monoisotopic (exact) mass is 307 g/mol. The highest BCUT2D eigenvalue weighted by atomic mass is 32.1. The maximum absolute atomic E-state index is 12.1. The van der Waals surface area contributed by atoms with Crippen molar-refractivity contribution in [3.8, 4) is 0 Å². The summed E-state index contributed by atoms with van der Waals surface area (Å²) < 4.78 is 10.3. The Labute approximate surface area is 126 Å². The van der Waals surface area contributed by atoms with E-state index in [2.05, 4.69) is 5.32 Å². The Morgan fingerprint density at radius 1 is 1.52 bits per heavy atom. The summed E-state index contributed by atoms with van der Waals surface area (Å²) in [6, 6.07) is 5.44. The largest absolute Gasteiger partial charge is 0.472 e. The van der Waals surface area contributed by atoms with Crippen LogP contribution in [0.3, 0.4) is 0 Å². The molecule has 5 nitrogen and oxygen atoms in total. The van der Waals surface area contributed by atoms with Gasteiger partial charge in [-0.3, -0.25) is 4.79 Å². The molecule has 2 atom stereocenters. The van der Waals surface area contributed by atoms with Gasteiger partial charge < -0.3 is 19.6 Å². The summed E-state index contributed by atoms with van der Waals surface area (Å²) in [6.07, 6.45) is 3.75. The highest BCUT2D eigenvalue weighted by Gasteiger charge is 2.35. The second-order valence-corrected chi connectivity index (χ2v) is 6.08. The lowest BCUT2D eigenvalue weighted by molar-refractivity contribution is -0.125. The van der Waals surface area contributed by atoms with Crippen LogP contribution in [0.25, 0.3) is 0 Å². The fourth-order valence-electron chi connectivity index (χ4n) is 2.45. The second-order valence-electron chi connectivity index (χ2n) is 5.13. The van der Waals surface area contributed by atoms with Gasteiger partial charge in [-0.05, 0) is 23.9 Å². The van der Waals surface area contributed by atoms with Crippen LogP contribution >= 0.6 is 11.3 Å². The van der Waals surface area contributed by atoms with E-state index in [-0.39, 0.29) is 18.4 Å². The van der Waals surface area contributed by atoms with E-state index in [1.165, 1.54) is 23.9 Å². The summed E-state index contributed by atoms with van der Waals surface area (Å²) in [6.45, 7) is 1.19. The molecule has 0 radical (unpaired) electrons. The van der Waals surface area contributed by atoms with Gasteiger partial charge >= 0.3 is 0 Å². The van der Waals surface area contributed by atoms with Crippen molar-refractivity contribution in [3.63, 3.8) is 0 Å². The predicted molar refractivity (Wildman–Crippen MR) is 78.0 cm³/mol. The summed E-state index contributed by atoms with van der Waals surface area (Å²) in [5, 5.41) is 15.8. The van der Waals surface area contributed by atoms with Crippen LogP contribution in [0.2, 0.25) is 0 Å². The number of rotatable bonds is 5. The van der Waals surface area contributed by atoms with Crippen molar-refractivity contribution in [2.75, 3.05) is 19.8 Å². The average molecular weight is 307 g/mol. The smallest absolute Gasteiger partial charge is 0.225 e. The van der Waals surface area contributed by atoms with Crippen LogP contribution in [0.4, 0.5) is 0 Å². The molecule has 0 spiro atoms. The number of ether oxygens (including phenoxy) is 1. The third-order valence-corrected chi connectivity index (χ3v) is 4.77. The molecular formula is C15H17NO4S. The Hall–Kier alpha value is -1.63. The normalized spacial score (nSPS) is 21.1. The number of amides is 1. The first-order chi connectivity index (χ1) is 10.2. The maximum atomic E-state index is 12.1. The number of hydrogen-bond acceptors (Lipinski definition) is 5. The molecule has 21 heavy (non-hydrogen) atoms. The SMILES string of the molecule is O=C(NC[C@](O)(c1ccoc1)c1cccs1)[C@@H]1CCOC1. The van der Waals surface area contributed by atoms with Gasteiger partial charge in [0.05, 0.1) is 31.6 Å². The molecule has 1 aliphatic rings.